The second kappa shape index (κ2) is 118. The number of rotatable bonds is 2. The van der Waals surface area contributed by atoms with Crippen molar-refractivity contribution in [3.8, 4) is 0 Å². The van der Waals surface area contributed by atoms with Gasteiger partial charge in [0.2, 0.25) is 0 Å². The molecule has 0 aliphatic heterocycles. The Bertz CT molecular complexity index is 129. The molecule has 0 nitrogen and oxygen atoms in total. The third kappa shape index (κ3) is 289. The first kappa shape index (κ1) is 42.8. The van der Waals surface area contributed by atoms with Crippen LogP contribution in [0.25, 0.3) is 0 Å². The topological polar surface area (TPSA) is 0 Å². The van der Waals surface area contributed by atoms with Crippen molar-refractivity contribution in [2.45, 2.75) is 89.5 Å². The predicted molar refractivity (Wildman–Crippen MR) is 115 cm³/mol. The highest BCUT2D eigenvalue weighted by Gasteiger charge is 1.66. The van der Waals surface area contributed by atoms with Crippen molar-refractivity contribution in [2.24, 2.45) is 0 Å². The summed E-state index contributed by atoms with van der Waals surface area (Å²) in [4.78, 5) is 0. The minimum Gasteiger partial charge on any atom is -0.183 e. The van der Waals surface area contributed by atoms with E-state index in [2.05, 4.69) is 46.9 Å². The van der Waals surface area contributed by atoms with Crippen molar-refractivity contribution in [2.75, 3.05) is 6.26 Å². The van der Waals surface area contributed by atoms with E-state index in [0.717, 1.165) is 0 Å². The molecule has 0 fully saturated rings. The lowest BCUT2D eigenvalue weighted by Gasteiger charge is -1.78. The first-order valence-electron chi connectivity index (χ1n) is 8.56. The summed E-state index contributed by atoms with van der Waals surface area (Å²) in [6.45, 7) is 27.9. The molecule has 0 atom stereocenters. The van der Waals surface area contributed by atoms with E-state index in [1.165, 1.54) is 12.0 Å². The van der Waals surface area contributed by atoms with E-state index < -0.39 is 0 Å². The third-order valence-electron chi connectivity index (χ3n) is 0.677. The summed E-state index contributed by atoms with van der Waals surface area (Å²) in [5.74, 6) is 0. The lowest BCUT2D eigenvalue weighted by atomic mass is 10.3. The van der Waals surface area contributed by atoms with Gasteiger partial charge in [0, 0.05) is 0 Å². The summed E-state index contributed by atoms with van der Waals surface area (Å²) in [6, 6.07) is 0. The highest BCUT2D eigenvalue weighted by Crippen LogP contribution is 1.87. The van der Waals surface area contributed by atoms with Crippen molar-refractivity contribution in [1.82, 2.24) is 0 Å². The standard InChI is InChI=1S/C8H12.C3H8.4C2H6.CH4S/c1-4-5-6-7-8(2)3;1-3-2;5*1-2/h4-7H,1H2,2-3H3;3H2,1-2H3;4*1-2H3;2H,1H3/b6-5-;;;;;;. The molecule has 0 aliphatic carbocycles. The van der Waals surface area contributed by atoms with Gasteiger partial charge in [0.15, 0.2) is 0 Å². The molecule has 0 rings (SSSR count). The Hall–Kier alpha value is -0.430. The molecule has 0 bridgehead atoms. The monoisotopic (exact) mass is 320 g/mol. The SMILES string of the molecule is C=C/C=C\C=C(C)C.CC.CC.CC.CC.CCC.CS. The Morgan fingerprint density at radius 1 is 0.762 bits per heavy atom. The van der Waals surface area contributed by atoms with Gasteiger partial charge in [-0.05, 0) is 20.1 Å². The first-order valence-corrected chi connectivity index (χ1v) is 9.45. The Balaban J connectivity index is -0.0000000256. The van der Waals surface area contributed by atoms with Gasteiger partial charge in [-0.15, -0.1) is 0 Å². The van der Waals surface area contributed by atoms with Crippen LogP contribution in [0.15, 0.2) is 36.5 Å². The van der Waals surface area contributed by atoms with E-state index in [0.29, 0.717) is 0 Å². The van der Waals surface area contributed by atoms with Gasteiger partial charge in [0.05, 0.1) is 0 Å². The van der Waals surface area contributed by atoms with Crippen LogP contribution in [-0.4, -0.2) is 6.26 Å². The van der Waals surface area contributed by atoms with Crippen LogP contribution in [-0.2, 0) is 0 Å². The summed E-state index contributed by atoms with van der Waals surface area (Å²) < 4.78 is 0. The Morgan fingerprint density at radius 2 is 1.00 bits per heavy atom. The molecular weight excluding hydrogens is 272 g/mol. The van der Waals surface area contributed by atoms with Gasteiger partial charge in [-0.1, -0.05) is 112 Å². The van der Waals surface area contributed by atoms with E-state index in [1.807, 2.05) is 73.6 Å². The maximum absolute atomic E-state index is 3.54. The zero-order chi connectivity index (χ0) is 19.1. The molecule has 21 heavy (non-hydrogen) atoms. The van der Waals surface area contributed by atoms with Crippen molar-refractivity contribution in [1.29, 1.82) is 0 Å². The molecule has 0 saturated heterocycles. The highest BCUT2D eigenvalue weighted by atomic mass is 32.1. The lowest BCUT2D eigenvalue weighted by Crippen LogP contribution is -1.56. The molecule has 134 valence electrons. The normalized spacial score (nSPS) is 5.81. The smallest absolute Gasteiger partial charge is 0.0215 e. The molecule has 0 aromatic carbocycles. The van der Waals surface area contributed by atoms with E-state index in [4.69, 9.17) is 0 Å². The quantitative estimate of drug-likeness (QED) is 0.381. The minimum absolute atomic E-state index is 1.25. The van der Waals surface area contributed by atoms with Crippen molar-refractivity contribution in [3.05, 3.63) is 36.5 Å². The first-order chi connectivity index (χ1) is 10.2. The second-order valence-corrected chi connectivity index (χ2v) is 2.57. The molecule has 0 spiro atoms. The molecule has 0 unspecified atom stereocenters. The molecule has 0 aromatic heterocycles. The van der Waals surface area contributed by atoms with Crippen molar-refractivity contribution < 1.29 is 0 Å². The number of thiol groups is 1. The van der Waals surface area contributed by atoms with Crippen molar-refractivity contribution >= 4 is 12.6 Å². The number of allylic oxidation sites excluding steroid dienone is 5. The van der Waals surface area contributed by atoms with Crippen LogP contribution in [0.5, 0.6) is 0 Å². The minimum atomic E-state index is 1.25. The fourth-order valence-corrected chi connectivity index (χ4v) is 0.327. The summed E-state index contributed by atoms with van der Waals surface area (Å²) >= 11 is 3.53. The van der Waals surface area contributed by atoms with Crippen LogP contribution in [0, 0.1) is 0 Å². The average molecular weight is 321 g/mol. The van der Waals surface area contributed by atoms with Gasteiger partial charge in [-0.25, -0.2) is 0 Å². The molecule has 0 saturated carbocycles. The fraction of sp³-hybridized carbons (Fsp3) is 0.700. The molecule has 0 amide bonds. The molecule has 0 radical (unpaired) electrons. The van der Waals surface area contributed by atoms with E-state index in [1.54, 1.807) is 12.3 Å². The Morgan fingerprint density at radius 3 is 1.14 bits per heavy atom. The van der Waals surface area contributed by atoms with Crippen LogP contribution in [0.2, 0.25) is 0 Å². The Labute approximate surface area is 145 Å². The zero-order valence-corrected chi connectivity index (χ0v) is 18.6. The van der Waals surface area contributed by atoms with Gasteiger partial charge in [0.1, 0.15) is 0 Å². The predicted octanol–water partition coefficient (Wildman–Crippen LogP) is 8.76. The van der Waals surface area contributed by atoms with Gasteiger partial charge >= 0.3 is 0 Å². The lowest BCUT2D eigenvalue weighted by molar-refractivity contribution is 1.09. The van der Waals surface area contributed by atoms with Gasteiger partial charge < -0.3 is 0 Å². The zero-order valence-electron chi connectivity index (χ0n) is 17.7. The van der Waals surface area contributed by atoms with Crippen LogP contribution in [0.4, 0.5) is 0 Å². The van der Waals surface area contributed by atoms with Crippen molar-refractivity contribution in [3.63, 3.8) is 0 Å². The van der Waals surface area contributed by atoms with E-state index >= 15 is 0 Å². The summed E-state index contributed by atoms with van der Waals surface area (Å²) in [7, 11) is 0. The second-order valence-electron chi connectivity index (χ2n) is 2.57. The summed E-state index contributed by atoms with van der Waals surface area (Å²) in [6.07, 6.45) is 10.6. The number of hydrogen-bond acceptors (Lipinski definition) is 1. The summed E-state index contributed by atoms with van der Waals surface area (Å²) in [5.41, 5.74) is 1.31. The third-order valence-corrected chi connectivity index (χ3v) is 0.677. The van der Waals surface area contributed by atoms with Crippen LogP contribution in [0.3, 0.4) is 0 Å². The summed E-state index contributed by atoms with van der Waals surface area (Å²) in [5, 5.41) is 0. The largest absolute Gasteiger partial charge is 0.183 e. The fourth-order valence-electron chi connectivity index (χ4n) is 0.327. The molecule has 1 heteroatoms. The maximum atomic E-state index is 3.54. The number of hydrogen-bond donors (Lipinski definition) is 1. The Kier molecular flexibility index (Phi) is 240. The molecule has 0 aromatic rings. The maximum Gasteiger partial charge on any atom is -0.0215 e. The van der Waals surface area contributed by atoms with Crippen LogP contribution < -0.4 is 0 Å². The van der Waals surface area contributed by atoms with Crippen LogP contribution in [0.1, 0.15) is 89.5 Å². The highest BCUT2D eigenvalue weighted by molar-refractivity contribution is 7.79. The van der Waals surface area contributed by atoms with E-state index in [9.17, 15) is 0 Å². The molecular formula is C20H48S. The van der Waals surface area contributed by atoms with Gasteiger partial charge in [-0.3, -0.25) is 0 Å². The van der Waals surface area contributed by atoms with Gasteiger partial charge in [-0.2, -0.15) is 12.6 Å². The average Bonchev–Trinajstić information content (AvgIpc) is 2.58. The van der Waals surface area contributed by atoms with Crippen LogP contribution >= 0.6 is 12.6 Å². The molecule has 0 N–H and O–H groups in total. The van der Waals surface area contributed by atoms with E-state index in [-0.39, 0.29) is 0 Å². The molecule has 0 heterocycles. The molecule has 0 aliphatic rings. The van der Waals surface area contributed by atoms with Gasteiger partial charge in [0.25, 0.3) is 0 Å².